The monoisotopic (exact) mass is 542 g/mol. The standard InChI is InChI=1S/C29H34O10/c1-34-21-10-6-7-11-23(21)39-25(17-38-29-28(33)27(32)20(30)16-37-29)26(31)19-12-13-22(24(14-19)35-2)36-15-18-8-4-3-5-9-18/h3-14,20,25-33H,15-17H2,1-2H3/t20-,25-,26+,27+,28-,29+/m1/s1. The Morgan fingerprint density at radius 3 is 2.23 bits per heavy atom. The zero-order valence-electron chi connectivity index (χ0n) is 21.8. The van der Waals surface area contributed by atoms with Crippen LogP contribution in [0.2, 0.25) is 0 Å². The molecule has 1 saturated heterocycles. The number of hydrogen-bond donors (Lipinski definition) is 4. The number of aliphatic hydroxyl groups excluding tert-OH is 4. The molecule has 1 heterocycles. The lowest BCUT2D eigenvalue weighted by Gasteiger charge is -2.36. The van der Waals surface area contributed by atoms with Gasteiger partial charge in [0.2, 0.25) is 0 Å². The van der Waals surface area contributed by atoms with Crippen LogP contribution in [0.25, 0.3) is 0 Å². The molecule has 0 spiro atoms. The normalized spacial score (nSPS) is 22.5. The number of para-hydroxylation sites is 2. The van der Waals surface area contributed by atoms with Crippen molar-refractivity contribution in [2.24, 2.45) is 0 Å². The molecule has 10 nitrogen and oxygen atoms in total. The van der Waals surface area contributed by atoms with E-state index in [2.05, 4.69) is 0 Å². The van der Waals surface area contributed by atoms with Crippen molar-refractivity contribution in [2.45, 2.75) is 43.4 Å². The summed E-state index contributed by atoms with van der Waals surface area (Å²) in [6.45, 7) is -0.111. The highest BCUT2D eigenvalue weighted by molar-refractivity contribution is 5.44. The summed E-state index contributed by atoms with van der Waals surface area (Å²) < 4.78 is 34.0. The van der Waals surface area contributed by atoms with Gasteiger partial charge in [-0.2, -0.15) is 0 Å². The zero-order valence-corrected chi connectivity index (χ0v) is 21.8. The molecule has 1 fully saturated rings. The van der Waals surface area contributed by atoms with Gasteiger partial charge in [0.1, 0.15) is 31.0 Å². The Labute approximate surface area is 226 Å². The maximum atomic E-state index is 11.4. The van der Waals surface area contributed by atoms with E-state index >= 15 is 0 Å². The molecule has 0 saturated carbocycles. The molecule has 6 atom stereocenters. The van der Waals surface area contributed by atoms with Gasteiger partial charge in [0.05, 0.1) is 27.4 Å². The zero-order chi connectivity index (χ0) is 27.8. The molecule has 210 valence electrons. The van der Waals surface area contributed by atoms with Crippen molar-refractivity contribution in [1.29, 1.82) is 0 Å². The molecule has 0 aliphatic carbocycles. The third-order valence-corrected chi connectivity index (χ3v) is 6.34. The van der Waals surface area contributed by atoms with E-state index in [1.165, 1.54) is 14.2 Å². The first-order valence-corrected chi connectivity index (χ1v) is 12.5. The lowest BCUT2D eigenvalue weighted by Crippen LogP contribution is -2.54. The number of hydrogen-bond acceptors (Lipinski definition) is 10. The van der Waals surface area contributed by atoms with Crippen molar-refractivity contribution < 1.29 is 48.8 Å². The third-order valence-electron chi connectivity index (χ3n) is 6.34. The predicted molar refractivity (Wildman–Crippen MR) is 140 cm³/mol. The molecule has 0 bridgehead atoms. The molecule has 0 aromatic heterocycles. The fourth-order valence-corrected chi connectivity index (χ4v) is 4.12. The molecular weight excluding hydrogens is 508 g/mol. The maximum absolute atomic E-state index is 11.4. The Hall–Kier alpha value is -3.38. The Kier molecular flexibility index (Phi) is 9.99. The number of benzene rings is 3. The Morgan fingerprint density at radius 2 is 1.51 bits per heavy atom. The first kappa shape index (κ1) is 28.6. The Morgan fingerprint density at radius 1 is 0.821 bits per heavy atom. The molecule has 39 heavy (non-hydrogen) atoms. The predicted octanol–water partition coefficient (Wildman–Crippen LogP) is 2.22. The van der Waals surface area contributed by atoms with Gasteiger partial charge in [-0.25, -0.2) is 0 Å². The SMILES string of the molecule is COc1cc([C@H](O)[C@@H](CO[C@@H]2OC[C@@H](O)[C@H](O)[C@H]2O)Oc2ccccc2OC)ccc1OCc1ccccc1. The minimum atomic E-state index is -1.49. The molecule has 1 aliphatic rings. The number of aliphatic hydroxyl groups is 4. The van der Waals surface area contributed by atoms with E-state index in [9.17, 15) is 20.4 Å². The van der Waals surface area contributed by atoms with Crippen LogP contribution in [0.1, 0.15) is 17.2 Å². The van der Waals surface area contributed by atoms with Crippen LogP contribution in [0, 0.1) is 0 Å². The van der Waals surface area contributed by atoms with Gasteiger partial charge in [-0.15, -0.1) is 0 Å². The smallest absolute Gasteiger partial charge is 0.186 e. The minimum absolute atomic E-state index is 0.217. The van der Waals surface area contributed by atoms with Crippen LogP contribution in [0.4, 0.5) is 0 Å². The average molecular weight is 543 g/mol. The summed E-state index contributed by atoms with van der Waals surface area (Å²) in [5, 5.41) is 41.4. The number of ether oxygens (including phenoxy) is 6. The molecule has 3 aromatic carbocycles. The van der Waals surface area contributed by atoms with Crippen molar-refractivity contribution >= 4 is 0 Å². The summed E-state index contributed by atoms with van der Waals surface area (Å²) in [5.41, 5.74) is 1.46. The van der Waals surface area contributed by atoms with E-state index in [1.807, 2.05) is 30.3 Å². The van der Waals surface area contributed by atoms with Gasteiger partial charge in [0.15, 0.2) is 35.4 Å². The molecule has 1 aliphatic heterocycles. The van der Waals surface area contributed by atoms with Crippen LogP contribution in [-0.4, -0.2) is 78.6 Å². The van der Waals surface area contributed by atoms with Crippen LogP contribution in [0.5, 0.6) is 23.0 Å². The first-order valence-electron chi connectivity index (χ1n) is 12.5. The highest BCUT2D eigenvalue weighted by Gasteiger charge is 2.39. The second kappa shape index (κ2) is 13.6. The number of rotatable bonds is 12. The van der Waals surface area contributed by atoms with Crippen molar-refractivity contribution in [3.05, 3.63) is 83.9 Å². The fraction of sp³-hybridized carbons (Fsp3) is 0.379. The molecule has 4 N–H and O–H groups in total. The van der Waals surface area contributed by atoms with Crippen LogP contribution >= 0.6 is 0 Å². The van der Waals surface area contributed by atoms with E-state index in [-0.39, 0.29) is 13.2 Å². The summed E-state index contributed by atoms with van der Waals surface area (Å²) in [6.07, 6.45) is -7.61. The maximum Gasteiger partial charge on any atom is 0.186 e. The summed E-state index contributed by atoms with van der Waals surface area (Å²) in [6, 6.07) is 21.7. The van der Waals surface area contributed by atoms with Crippen LogP contribution in [-0.2, 0) is 16.1 Å². The molecular formula is C29H34O10. The molecule has 0 radical (unpaired) electrons. The quantitative estimate of drug-likeness (QED) is 0.270. The van der Waals surface area contributed by atoms with E-state index < -0.39 is 36.8 Å². The van der Waals surface area contributed by atoms with Gasteiger partial charge >= 0.3 is 0 Å². The number of methoxy groups -OCH3 is 2. The van der Waals surface area contributed by atoms with E-state index in [4.69, 9.17) is 28.4 Å². The topological polar surface area (TPSA) is 136 Å². The summed E-state index contributed by atoms with van der Waals surface area (Å²) in [4.78, 5) is 0. The second-order valence-corrected chi connectivity index (χ2v) is 9.02. The summed E-state index contributed by atoms with van der Waals surface area (Å²) in [7, 11) is 3.01. The van der Waals surface area contributed by atoms with E-state index in [0.717, 1.165) is 5.56 Å². The van der Waals surface area contributed by atoms with Crippen LogP contribution in [0.3, 0.4) is 0 Å². The van der Waals surface area contributed by atoms with Crippen molar-refractivity contribution in [1.82, 2.24) is 0 Å². The molecule has 0 unspecified atom stereocenters. The van der Waals surface area contributed by atoms with Crippen molar-refractivity contribution in [3.8, 4) is 23.0 Å². The Balaban J connectivity index is 1.53. The lowest BCUT2D eigenvalue weighted by molar-refractivity contribution is -0.275. The summed E-state index contributed by atoms with van der Waals surface area (Å²) >= 11 is 0. The second-order valence-electron chi connectivity index (χ2n) is 9.02. The highest BCUT2D eigenvalue weighted by atomic mass is 16.7. The summed E-state index contributed by atoms with van der Waals surface area (Å²) in [5.74, 6) is 1.73. The lowest BCUT2D eigenvalue weighted by atomic mass is 10.0. The minimum Gasteiger partial charge on any atom is -0.493 e. The Bertz CT molecular complexity index is 1170. The largest absolute Gasteiger partial charge is 0.493 e. The van der Waals surface area contributed by atoms with Gasteiger partial charge in [-0.3, -0.25) is 0 Å². The van der Waals surface area contributed by atoms with Gasteiger partial charge in [-0.1, -0.05) is 48.5 Å². The van der Waals surface area contributed by atoms with E-state index in [1.54, 1.807) is 42.5 Å². The van der Waals surface area contributed by atoms with Crippen molar-refractivity contribution in [3.63, 3.8) is 0 Å². The third kappa shape index (κ3) is 7.18. The van der Waals surface area contributed by atoms with Gasteiger partial charge in [0, 0.05) is 0 Å². The fourth-order valence-electron chi connectivity index (χ4n) is 4.12. The molecule has 4 rings (SSSR count). The molecule has 0 amide bonds. The van der Waals surface area contributed by atoms with Gasteiger partial charge in [0.25, 0.3) is 0 Å². The van der Waals surface area contributed by atoms with E-state index in [0.29, 0.717) is 35.2 Å². The molecule has 10 heteroatoms. The van der Waals surface area contributed by atoms with Gasteiger partial charge < -0.3 is 48.8 Å². The van der Waals surface area contributed by atoms with Crippen molar-refractivity contribution in [2.75, 3.05) is 27.4 Å². The van der Waals surface area contributed by atoms with Gasteiger partial charge in [-0.05, 0) is 35.4 Å². The van der Waals surface area contributed by atoms with Crippen LogP contribution in [0.15, 0.2) is 72.8 Å². The molecule has 3 aromatic rings. The van der Waals surface area contributed by atoms with Crippen LogP contribution < -0.4 is 18.9 Å². The first-order chi connectivity index (χ1) is 18.9. The average Bonchev–Trinajstić information content (AvgIpc) is 2.98. The highest BCUT2D eigenvalue weighted by Crippen LogP contribution is 2.35.